The van der Waals surface area contributed by atoms with Gasteiger partial charge >= 0.3 is 0 Å². The van der Waals surface area contributed by atoms with Gasteiger partial charge in [0.1, 0.15) is 0 Å². The molecule has 0 saturated carbocycles. The molecule has 0 atom stereocenters. The van der Waals surface area contributed by atoms with E-state index < -0.39 is 0 Å². The largest absolute Gasteiger partial charge is 0.295 e. The first-order chi connectivity index (χ1) is 7.96. The van der Waals surface area contributed by atoms with Gasteiger partial charge in [0.2, 0.25) is 0 Å². The van der Waals surface area contributed by atoms with Crippen molar-refractivity contribution in [3.8, 4) is 0 Å². The van der Waals surface area contributed by atoms with Gasteiger partial charge in [-0.25, -0.2) is 0 Å². The van der Waals surface area contributed by atoms with E-state index in [2.05, 4.69) is 18.7 Å². The van der Waals surface area contributed by atoms with Gasteiger partial charge < -0.3 is 0 Å². The van der Waals surface area contributed by atoms with Crippen molar-refractivity contribution in [3.63, 3.8) is 0 Å². The van der Waals surface area contributed by atoms with Crippen molar-refractivity contribution in [3.05, 3.63) is 21.3 Å². The van der Waals surface area contributed by atoms with E-state index in [4.69, 9.17) is 11.6 Å². The van der Waals surface area contributed by atoms with Crippen LogP contribution in [0.5, 0.6) is 0 Å². The number of halogens is 1. The van der Waals surface area contributed by atoms with Gasteiger partial charge in [0.15, 0.2) is 5.78 Å². The topological polar surface area (TPSA) is 20.3 Å². The van der Waals surface area contributed by atoms with Crippen LogP contribution in [0, 0.1) is 5.41 Å². The molecule has 1 aromatic heterocycles. The van der Waals surface area contributed by atoms with Gasteiger partial charge in [0.05, 0.1) is 15.8 Å². The number of rotatable bonds is 3. The number of carbonyl (C=O) groups is 1. The third-order valence-corrected chi connectivity index (χ3v) is 4.47. The first kappa shape index (κ1) is 13.1. The molecule has 2 rings (SSSR count). The summed E-state index contributed by atoms with van der Waals surface area (Å²) in [4.78, 5) is 15.1. The van der Waals surface area contributed by atoms with E-state index in [1.54, 1.807) is 6.07 Å². The Hall–Kier alpha value is -0.380. The zero-order valence-corrected chi connectivity index (χ0v) is 11.9. The van der Waals surface area contributed by atoms with Crippen LogP contribution in [0.3, 0.4) is 0 Å². The van der Waals surface area contributed by atoms with Crippen LogP contribution < -0.4 is 0 Å². The van der Waals surface area contributed by atoms with E-state index in [0.29, 0.717) is 16.3 Å². The van der Waals surface area contributed by atoms with Crippen molar-refractivity contribution in [2.75, 3.05) is 19.6 Å². The van der Waals surface area contributed by atoms with E-state index in [9.17, 15) is 4.79 Å². The molecule has 0 N–H and O–H groups in total. The lowest BCUT2D eigenvalue weighted by atomic mass is 9.84. The Morgan fingerprint density at radius 1 is 1.53 bits per heavy atom. The molecular formula is C13H18ClNOS. The second-order valence-corrected chi connectivity index (χ2v) is 7.22. The van der Waals surface area contributed by atoms with Crippen LogP contribution in [0.2, 0.25) is 4.34 Å². The molecule has 1 saturated heterocycles. The van der Waals surface area contributed by atoms with Crippen LogP contribution in [-0.2, 0) is 0 Å². The molecule has 94 valence electrons. The van der Waals surface area contributed by atoms with Crippen molar-refractivity contribution < 1.29 is 4.79 Å². The SMILES string of the molecule is CC1(C)CCCN(CC(=O)c2ccc(Cl)s2)C1. The highest BCUT2D eigenvalue weighted by atomic mass is 35.5. The number of Topliss-reactive ketones (excluding diaryl/α,β-unsaturated/α-hetero) is 1. The van der Waals surface area contributed by atoms with Crippen LogP contribution in [0.4, 0.5) is 0 Å². The standard InChI is InChI=1S/C13H18ClNOS/c1-13(2)6-3-7-15(9-13)8-10(16)11-4-5-12(14)17-11/h4-5H,3,6-9H2,1-2H3. The normalized spacial score (nSPS) is 20.4. The number of carbonyl (C=O) groups excluding carboxylic acids is 1. The quantitative estimate of drug-likeness (QED) is 0.781. The Labute approximate surface area is 112 Å². The smallest absolute Gasteiger partial charge is 0.186 e. The fourth-order valence-corrected chi connectivity index (χ4v) is 3.40. The van der Waals surface area contributed by atoms with Gasteiger partial charge in [-0.05, 0) is 36.9 Å². The molecule has 1 fully saturated rings. The second kappa shape index (κ2) is 5.09. The minimum absolute atomic E-state index is 0.194. The van der Waals surface area contributed by atoms with Crippen molar-refractivity contribution >= 4 is 28.7 Å². The van der Waals surface area contributed by atoms with Gasteiger partial charge in [-0.3, -0.25) is 9.69 Å². The predicted molar refractivity (Wildman–Crippen MR) is 73.1 cm³/mol. The molecule has 0 aliphatic carbocycles. The summed E-state index contributed by atoms with van der Waals surface area (Å²) in [6.07, 6.45) is 2.44. The number of piperidine rings is 1. The van der Waals surface area contributed by atoms with Crippen LogP contribution in [-0.4, -0.2) is 30.3 Å². The molecule has 0 aromatic carbocycles. The highest BCUT2D eigenvalue weighted by molar-refractivity contribution is 7.18. The Bertz CT molecular complexity index is 413. The Balaban J connectivity index is 1.95. The molecule has 1 aliphatic rings. The maximum absolute atomic E-state index is 12.0. The third kappa shape index (κ3) is 3.54. The van der Waals surface area contributed by atoms with E-state index >= 15 is 0 Å². The van der Waals surface area contributed by atoms with Crippen LogP contribution in [0.25, 0.3) is 0 Å². The number of nitrogens with zero attached hydrogens (tertiary/aromatic N) is 1. The lowest BCUT2D eigenvalue weighted by molar-refractivity contribution is 0.0813. The van der Waals surface area contributed by atoms with Crippen molar-refractivity contribution in [1.29, 1.82) is 0 Å². The van der Waals surface area contributed by atoms with Crippen molar-refractivity contribution in [2.24, 2.45) is 5.41 Å². The Morgan fingerprint density at radius 2 is 2.29 bits per heavy atom. The van der Waals surface area contributed by atoms with Crippen LogP contribution >= 0.6 is 22.9 Å². The molecule has 0 bridgehead atoms. The highest BCUT2D eigenvalue weighted by Crippen LogP contribution is 2.29. The van der Waals surface area contributed by atoms with Crippen molar-refractivity contribution in [1.82, 2.24) is 4.90 Å². The third-order valence-electron chi connectivity index (χ3n) is 3.19. The van der Waals surface area contributed by atoms with Crippen LogP contribution in [0.1, 0.15) is 36.4 Å². The maximum Gasteiger partial charge on any atom is 0.186 e. The lowest BCUT2D eigenvalue weighted by Gasteiger charge is -2.37. The molecule has 0 spiro atoms. The van der Waals surface area contributed by atoms with E-state index in [1.165, 1.54) is 24.2 Å². The first-order valence-corrected chi connectivity index (χ1v) is 7.17. The maximum atomic E-state index is 12.0. The molecule has 2 nitrogen and oxygen atoms in total. The first-order valence-electron chi connectivity index (χ1n) is 5.97. The molecule has 17 heavy (non-hydrogen) atoms. The van der Waals surface area contributed by atoms with Gasteiger partial charge in [-0.1, -0.05) is 25.4 Å². The fraction of sp³-hybridized carbons (Fsp3) is 0.615. The average Bonchev–Trinajstić information content (AvgIpc) is 2.63. The summed E-state index contributed by atoms with van der Waals surface area (Å²) < 4.78 is 0.687. The molecule has 0 radical (unpaired) electrons. The second-order valence-electron chi connectivity index (χ2n) is 5.51. The molecule has 0 unspecified atom stereocenters. The summed E-state index contributed by atoms with van der Waals surface area (Å²) in [5.74, 6) is 0.194. The summed E-state index contributed by atoms with van der Waals surface area (Å²) in [7, 11) is 0. The minimum atomic E-state index is 0.194. The molecule has 4 heteroatoms. The number of likely N-dealkylation sites (tertiary alicyclic amines) is 1. The van der Waals surface area contributed by atoms with Gasteiger partial charge in [0, 0.05) is 6.54 Å². The summed E-state index contributed by atoms with van der Waals surface area (Å²) in [6.45, 7) is 7.11. The van der Waals surface area contributed by atoms with Gasteiger partial charge in [0.25, 0.3) is 0 Å². The molecule has 0 amide bonds. The number of ketones is 1. The minimum Gasteiger partial charge on any atom is -0.295 e. The highest BCUT2D eigenvalue weighted by Gasteiger charge is 2.27. The van der Waals surface area contributed by atoms with Crippen LogP contribution in [0.15, 0.2) is 12.1 Å². The fourth-order valence-electron chi connectivity index (χ4n) is 2.42. The summed E-state index contributed by atoms with van der Waals surface area (Å²) in [5, 5.41) is 0. The molecule has 2 heterocycles. The zero-order valence-electron chi connectivity index (χ0n) is 10.3. The molecular weight excluding hydrogens is 254 g/mol. The van der Waals surface area contributed by atoms with Gasteiger partial charge in [-0.15, -0.1) is 11.3 Å². The average molecular weight is 272 g/mol. The number of thiophene rings is 1. The molecule has 1 aromatic rings. The predicted octanol–water partition coefficient (Wildman–Crippen LogP) is 3.71. The monoisotopic (exact) mass is 271 g/mol. The molecule has 1 aliphatic heterocycles. The number of hydrogen-bond donors (Lipinski definition) is 0. The zero-order chi connectivity index (χ0) is 12.5. The van der Waals surface area contributed by atoms with E-state index in [0.717, 1.165) is 18.0 Å². The summed E-state index contributed by atoms with van der Waals surface area (Å²) >= 11 is 7.22. The van der Waals surface area contributed by atoms with E-state index in [1.807, 2.05) is 6.07 Å². The number of hydrogen-bond acceptors (Lipinski definition) is 3. The van der Waals surface area contributed by atoms with Crippen molar-refractivity contribution in [2.45, 2.75) is 26.7 Å². The summed E-state index contributed by atoms with van der Waals surface area (Å²) in [6, 6.07) is 3.62. The Kier molecular flexibility index (Phi) is 3.91. The van der Waals surface area contributed by atoms with E-state index in [-0.39, 0.29) is 5.78 Å². The lowest BCUT2D eigenvalue weighted by Crippen LogP contribution is -2.42. The Morgan fingerprint density at radius 3 is 2.88 bits per heavy atom. The van der Waals surface area contributed by atoms with Gasteiger partial charge in [-0.2, -0.15) is 0 Å². The summed E-state index contributed by atoms with van der Waals surface area (Å²) in [5.41, 5.74) is 0.339.